The molecule has 0 rings (SSSR count). The molecule has 0 N–H and O–H groups in total. The van der Waals surface area contributed by atoms with Crippen LogP contribution < -0.4 is 0 Å². The maximum absolute atomic E-state index is 9.48. The van der Waals surface area contributed by atoms with Crippen LogP contribution in [-0.4, -0.2) is 6.54 Å². The normalized spacial score (nSPS) is 11.4. The molecule has 2 heteroatoms. The number of hydrogen-bond donors (Lipinski definition) is 0. The van der Waals surface area contributed by atoms with E-state index in [1.807, 2.05) is 19.9 Å². The molecule has 40 valence electrons. The minimum atomic E-state index is 0.330. The Balaban J connectivity index is 3.36. The van der Waals surface area contributed by atoms with Gasteiger partial charge in [0.05, 0.1) is 0 Å². The van der Waals surface area contributed by atoms with Crippen molar-refractivity contribution in [2.45, 2.75) is 13.8 Å². The predicted octanol–water partition coefficient (Wildman–Crippen LogP) is 1.72. The topological polar surface area (TPSA) is 29.4 Å². The van der Waals surface area contributed by atoms with Crippen LogP contribution in [0.25, 0.3) is 0 Å². The van der Waals surface area contributed by atoms with Gasteiger partial charge in [0, 0.05) is 0 Å². The largest absolute Gasteiger partial charge is 0.150 e. The first-order valence-corrected chi connectivity index (χ1v) is 2.22. The van der Waals surface area contributed by atoms with Crippen LogP contribution in [0.1, 0.15) is 13.8 Å². The molecule has 0 atom stereocenters. The molecule has 0 unspecified atom stereocenters. The molecule has 0 aromatic heterocycles. The fraction of sp³-hybridized carbons (Fsp3) is 0.600. The first-order valence-electron chi connectivity index (χ1n) is 2.22. The van der Waals surface area contributed by atoms with Gasteiger partial charge in [-0.2, -0.15) is 4.91 Å². The summed E-state index contributed by atoms with van der Waals surface area (Å²) in [5.74, 6) is 0. The number of allylic oxidation sites excluding steroid dienone is 1. The van der Waals surface area contributed by atoms with Crippen LogP contribution in [0.2, 0.25) is 0 Å². The SMILES string of the molecule is C/C=C(/C)CN=O. The lowest BCUT2D eigenvalue weighted by molar-refractivity contribution is 1.11. The van der Waals surface area contributed by atoms with E-state index in [2.05, 4.69) is 5.18 Å². The minimum absolute atomic E-state index is 0.330. The van der Waals surface area contributed by atoms with Gasteiger partial charge in [0.1, 0.15) is 6.54 Å². The van der Waals surface area contributed by atoms with Gasteiger partial charge in [0.15, 0.2) is 0 Å². The van der Waals surface area contributed by atoms with Crippen LogP contribution >= 0.6 is 0 Å². The third-order valence-corrected chi connectivity index (χ3v) is 0.807. The van der Waals surface area contributed by atoms with Crippen LogP contribution in [0.5, 0.6) is 0 Å². The summed E-state index contributed by atoms with van der Waals surface area (Å²) in [4.78, 5) is 9.48. The molecular formula is C5H9NO. The van der Waals surface area contributed by atoms with Crippen molar-refractivity contribution in [3.63, 3.8) is 0 Å². The zero-order chi connectivity index (χ0) is 5.70. The van der Waals surface area contributed by atoms with Gasteiger partial charge in [0.2, 0.25) is 0 Å². The number of nitroso groups, excluding NO2 is 1. The molecule has 0 aliphatic rings. The molecule has 0 aliphatic carbocycles. The third-order valence-electron chi connectivity index (χ3n) is 0.807. The van der Waals surface area contributed by atoms with Crippen molar-refractivity contribution in [2.24, 2.45) is 5.18 Å². The number of hydrogen-bond acceptors (Lipinski definition) is 2. The highest BCUT2D eigenvalue weighted by Crippen LogP contribution is 1.89. The van der Waals surface area contributed by atoms with Gasteiger partial charge in [-0.1, -0.05) is 16.8 Å². The van der Waals surface area contributed by atoms with Gasteiger partial charge in [-0.15, -0.1) is 0 Å². The molecule has 0 fully saturated rings. The van der Waals surface area contributed by atoms with Crippen LogP contribution in [0.4, 0.5) is 0 Å². The summed E-state index contributed by atoms with van der Waals surface area (Å²) in [6, 6.07) is 0. The lowest BCUT2D eigenvalue weighted by atomic mass is 10.3. The Hall–Kier alpha value is -0.660. The molecule has 0 saturated carbocycles. The fourth-order valence-electron chi connectivity index (χ4n) is 0.193. The summed E-state index contributed by atoms with van der Waals surface area (Å²) < 4.78 is 0. The molecule has 7 heavy (non-hydrogen) atoms. The highest BCUT2D eigenvalue weighted by Gasteiger charge is 1.80. The first kappa shape index (κ1) is 6.34. The van der Waals surface area contributed by atoms with Gasteiger partial charge < -0.3 is 0 Å². The molecule has 0 aromatic carbocycles. The zero-order valence-electron chi connectivity index (χ0n) is 4.64. The summed E-state index contributed by atoms with van der Waals surface area (Å²) in [6.45, 7) is 4.10. The summed E-state index contributed by atoms with van der Waals surface area (Å²) >= 11 is 0. The van der Waals surface area contributed by atoms with Gasteiger partial charge in [-0.05, 0) is 13.8 Å². The first-order chi connectivity index (χ1) is 3.31. The minimum Gasteiger partial charge on any atom is -0.150 e. The van der Waals surface area contributed by atoms with E-state index >= 15 is 0 Å². The fourth-order valence-corrected chi connectivity index (χ4v) is 0.193. The second-order valence-corrected chi connectivity index (χ2v) is 1.42. The van der Waals surface area contributed by atoms with Crippen molar-refractivity contribution < 1.29 is 0 Å². The second-order valence-electron chi connectivity index (χ2n) is 1.42. The van der Waals surface area contributed by atoms with Gasteiger partial charge >= 0.3 is 0 Å². The van der Waals surface area contributed by atoms with Crippen molar-refractivity contribution in [1.29, 1.82) is 0 Å². The number of rotatable bonds is 2. The summed E-state index contributed by atoms with van der Waals surface area (Å²) in [5, 5.41) is 2.69. The van der Waals surface area contributed by atoms with Crippen molar-refractivity contribution >= 4 is 0 Å². The summed E-state index contributed by atoms with van der Waals surface area (Å²) in [5.41, 5.74) is 1.02. The molecule has 0 amide bonds. The smallest absolute Gasteiger partial charge is 0.102 e. The summed E-state index contributed by atoms with van der Waals surface area (Å²) in [7, 11) is 0. The van der Waals surface area contributed by atoms with Crippen LogP contribution in [0, 0.1) is 4.91 Å². The Labute approximate surface area is 43.2 Å². The molecule has 0 bridgehead atoms. The molecule has 0 saturated heterocycles. The highest BCUT2D eigenvalue weighted by atomic mass is 16.3. The molecule has 0 aromatic rings. The van der Waals surface area contributed by atoms with E-state index in [9.17, 15) is 4.91 Å². The van der Waals surface area contributed by atoms with E-state index in [1.165, 1.54) is 0 Å². The van der Waals surface area contributed by atoms with E-state index in [-0.39, 0.29) is 0 Å². The van der Waals surface area contributed by atoms with Gasteiger partial charge in [-0.25, -0.2) is 0 Å². The van der Waals surface area contributed by atoms with Crippen LogP contribution in [-0.2, 0) is 0 Å². The van der Waals surface area contributed by atoms with Crippen molar-refractivity contribution in [3.05, 3.63) is 16.6 Å². The maximum atomic E-state index is 9.48. The van der Waals surface area contributed by atoms with Crippen molar-refractivity contribution in [3.8, 4) is 0 Å². The lowest BCUT2D eigenvalue weighted by Gasteiger charge is -1.83. The van der Waals surface area contributed by atoms with Crippen molar-refractivity contribution in [2.75, 3.05) is 6.54 Å². The predicted molar refractivity (Wildman–Crippen MR) is 30.1 cm³/mol. The van der Waals surface area contributed by atoms with Crippen LogP contribution in [0.3, 0.4) is 0 Å². The Morgan fingerprint density at radius 2 is 2.43 bits per heavy atom. The second kappa shape index (κ2) is 3.53. The monoisotopic (exact) mass is 99.1 g/mol. The average molecular weight is 99.1 g/mol. The standard InChI is InChI=1S/C5H9NO/c1-3-5(2)4-6-7/h3H,4H2,1-2H3/b5-3-. The summed E-state index contributed by atoms with van der Waals surface area (Å²) in [6.07, 6.45) is 1.88. The van der Waals surface area contributed by atoms with E-state index in [0.29, 0.717) is 6.54 Å². The Bertz CT molecular complexity index is 86.1. The van der Waals surface area contributed by atoms with Crippen molar-refractivity contribution in [1.82, 2.24) is 0 Å². The van der Waals surface area contributed by atoms with E-state index < -0.39 is 0 Å². The Morgan fingerprint density at radius 1 is 1.86 bits per heavy atom. The molecule has 0 radical (unpaired) electrons. The third kappa shape index (κ3) is 3.16. The van der Waals surface area contributed by atoms with E-state index in [0.717, 1.165) is 5.57 Å². The molecular weight excluding hydrogens is 90.1 g/mol. The van der Waals surface area contributed by atoms with Gasteiger partial charge in [0.25, 0.3) is 0 Å². The highest BCUT2D eigenvalue weighted by molar-refractivity contribution is 4.97. The Kier molecular flexibility index (Phi) is 3.19. The lowest BCUT2D eigenvalue weighted by Crippen LogP contribution is -1.76. The maximum Gasteiger partial charge on any atom is 0.102 e. The molecule has 0 spiro atoms. The van der Waals surface area contributed by atoms with Crippen LogP contribution in [0.15, 0.2) is 16.8 Å². The Morgan fingerprint density at radius 3 is 2.57 bits per heavy atom. The molecule has 0 heterocycles. The number of nitrogens with zero attached hydrogens (tertiary/aromatic N) is 1. The van der Waals surface area contributed by atoms with E-state index in [1.54, 1.807) is 0 Å². The molecule has 2 nitrogen and oxygen atoms in total. The van der Waals surface area contributed by atoms with E-state index in [4.69, 9.17) is 0 Å². The quantitative estimate of drug-likeness (QED) is 0.383. The van der Waals surface area contributed by atoms with Gasteiger partial charge in [-0.3, -0.25) is 0 Å². The zero-order valence-corrected chi connectivity index (χ0v) is 4.64. The molecule has 0 aliphatic heterocycles. The average Bonchev–Trinajstić information content (AvgIpc) is 1.68.